The van der Waals surface area contributed by atoms with Crippen molar-refractivity contribution in [3.8, 4) is 11.8 Å². The molecule has 1 aromatic carbocycles. The predicted octanol–water partition coefficient (Wildman–Crippen LogP) is 0.348. The number of ether oxygens (including phenoxy) is 2. The average molecular weight is 360 g/mol. The molecule has 2 rings (SSSR count). The van der Waals surface area contributed by atoms with Gasteiger partial charge >= 0.3 is 0 Å². The summed E-state index contributed by atoms with van der Waals surface area (Å²) in [6, 6.07) is 5.28. The maximum absolute atomic E-state index is 12.5. The van der Waals surface area contributed by atoms with E-state index in [4.69, 9.17) is 15.2 Å². The average Bonchev–Trinajstić information content (AvgIpc) is 2.64. The monoisotopic (exact) mass is 360 g/mol. The largest absolute Gasteiger partial charge is 0.378 e. The summed E-state index contributed by atoms with van der Waals surface area (Å²) in [5.74, 6) is 5.83. The molecule has 0 fully saturated rings. The Balaban J connectivity index is 2.15. The van der Waals surface area contributed by atoms with E-state index in [1.165, 1.54) is 6.20 Å². The van der Waals surface area contributed by atoms with Crippen LogP contribution in [0, 0.1) is 11.8 Å². The van der Waals surface area contributed by atoms with Crippen molar-refractivity contribution in [2.75, 3.05) is 33.0 Å². The molecule has 0 unspecified atom stereocenters. The number of aliphatic hydroxyl groups is 2. The molecular weight excluding hydrogens is 336 g/mol. The molecule has 26 heavy (non-hydrogen) atoms. The minimum absolute atomic E-state index is 0.0507. The lowest BCUT2D eigenvalue weighted by Gasteiger charge is -2.12. The number of aryl methyl sites for hydroxylation is 1. The maximum Gasteiger partial charge on any atom is 0.197 e. The lowest BCUT2D eigenvalue weighted by Crippen LogP contribution is -2.17. The summed E-state index contributed by atoms with van der Waals surface area (Å²) in [7, 11) is 0. The smallest absolute Gasteiger partial charge is 0.197 e. The zero-order valence-corrected chi connectivity index (χ0v) is 14.8. The lowest BCUT2D eigenvalue weighted by atomic mass is 10.1. The molecule has 1 aromatic heterocycles. The first-order valence-electron chi connectivity index (χ1n) is 8.46. The normalized spacial score (nSPS) is 11.0. The van der Waals surface area contributed by atoms with Gasteiger partial charge in [-0.1, -0.05) is 11.8 Å². The predicted molar refractivity (Wildman–Crippen MR) is 98.6 cm³/mol. The molecule has 140 valence electrons. The molecule has 0 aliphatic heterocycles. The van der Waals surface area contributed by atoms with E-state index in [1.807, 2.05) is 13.0 Å². The van der Waals surface area contributed by atoms with E-state index < -0.39 is 11.7 Å². The fraction of sp³-hybridized carbons (Fsp3) is 0.421. The van der Waals surface area contributed by atoms with Gasteiger partial charge in [0, 0.05) is 30.2 Å². The van der Waals surface area contributed by atoms with E-state index in [2.05, 4.69) is 11.8 Å². The number of aromatic nitrogens is 1. The van der Waals surface area contributed by atoms with Crippen molar-refractivity contribution in [1.29, 1.82) is 0 Å². The Morgan fingerprint density at radius 2 is 2.00 bits per heavy atom. The zero-order valence-electron chi connectivity index (χ0n) is 14.8. The first-order chi connectivity index (χ1) is 12.6. The molecule has 0 saturated carbocycles. The van der Waals surface area contributed by atoms with Crippen molar-refractivity contribution < 1.29 is 19.7 Å². The second kappa shape index (κ2) is 10.1. The Kier molecular flexibility index (Phi) is 7.78. The number of benzene rings is 1. The van der Waals surface area contributed by atoms with E-state index in [-0.39, 0.29) is 12.2 Å². The number of fused-ring (bicyclic) bond motifs is 1. The Morgan fingerprint density at radius 1 is 1.23 bits per heavy atom. The minimum atomic E-state index is -1.81. The van der Waals surface area contributed by atoms with Crippen LogP contribution in [-0.4, -0.2) is 47.8 Å². The third kappa shape index (κ3) is 5.14. The third-order valence-corrected chi connectivity index (χ3v) is 3.77. The van der Waals surface area contributed by atoms with Gasteiger partial charge in [-0.15, -0.1) is 0 Å². The molecule has 0 spiro atoms. The molecule has 7 nitrogen and oxygen atoms in total. The summed E-state index contributed by atoms with van der Waals surface area (Å²) < 4.78 is 12.3. The Labute approximate surface area is 152 Å². The van der Waals surface area contributed by atoms with Crippen molar-refractivity contribution in [3.63, 3.8) is 0 Å². The molecule has 0 amide bonds. The maximum atomic E-state index is 12.5. The van der Waals surface area contributed by atoms with Crippen LogP contribution >= 0.6 is 0 Å². The fourth-order valence-corrected chi connectivity index (χ4v) is 2.51. The molecule has 7 heteroatoms. The van der Waals surface area contributed by atoms with Crippen molar-refractivity contribution in [2.24, 2.45) is 5.73 Å². The number of aliphatic hydroxyl groups excluding tert-OH is 1. The van der Waals surface area contributed by atoms with E-state index in [0.717, 1.165) is 5.52 Å². The van der Waals surface area contributed by atoms with Crippen LogP contribution in [0.4, 0.5) is 0 Å². The highest BCUT2D eigenvalue weighted by Crippen LogP contribution is 2.16. The number of nitrogens with two attached hydrogens (primary N) is 1. The van der Waals surface area contributed by atoms with E-state index in [1.54, 1.807) is 16.7 Å². The quantitative estimate of drug-likeness (QED) is 0.356. The van der Waals surface area contributed by atoms with Crippen LogP contribution in [0.25, 0.3) is 10.9 Å². The van der Waals surface area contributed by atoms with Gasteiger partial charge in [0.05, 0.1) is 30.9 Å². The first kappa shape index (κ1) is 20.1. The van der Waals surface area contributed by atoms with Crippen molar-refractivity contribution in [3.05, 3.63) is 45.7 Å². The number of nitrogens with zero attached hydrogens (tertiary/aromatic N) is 1. The summed E-state index contributed by atoms with van der Waals surface area (Å²) in [6.07, 6.45) is -0.337. The van der Waals surface area contributed by atoms with Crippen molar-refractivity contribution in [2.45, 2.75) is 19.8 Å². The highest BCUT2D eigenvalue weighted by Gasteiger charge is 2.13. The summed E-state index contributed by atoms with van der Waals surface area (Å²) in [4.78, 5) is 12.5. The molecule has 0 saturated heterocycles. The van der Waals surface area contributed by atoms with Crippen LogP contribution in [-0.2, 0) is 16.0 Å². The van der Waals surface area contributed by atoms with Crippen LogP contribution in [0.1, 0.15) is 24.3 Å². The zero-order chi connectivity index (χ0) is 18.9. The summed E-state index contributed by atoms with van der Waals surface area (Å²) in [6.45, 7) is 4.66. The molecular formula is C19H24N2O5. The second-order valence-electron chi connectivity index (χ2n) is 5.56. The van der Waals surface area contributed by atoms with Crippen LogP contribution in [0.3, 0.4) is 0 Å². The lowest BCUT2D eigenvalue weighted by molar-refractivity contribution is -0.0435. The highest BCUT2D eigenvalue weighted by atomic mass is 16.5. The van der Waals surface area contributed by atoms with Gasteiger partial charge in [0.1, 0.15) is 6.61 Å². The SMILES string of the molecule is CCn1cc(C(O)O)c(=O)c2cc(C#CCOCCOCCN)ccc21. The number of rotatable bonds is 8. The van der Waals surface area contributed by atoms with Gasteiger partial charge in [0.15, 0.2) is 11.7 Å². The van der Waals surface area contributed by atoms with Crippen LogP contribution in [0.2, 0.25) is 0 Å². The van der Waals surface area contributed by atoms with Gasteiger partial charge in [0.2, 0.25) is 0 Å². The van der Waals surface area contributed by atoms with E-state index >= 15 is 0 Å². The minimum Gasteiger partial charge on any atom is -0.378 e. The van der Waals surface area contributed by atoms with Gasteiger partial charge in [-0.3, -0.25) is 4.79 Å². The van der Waals surface area contributed by atoms with Crippen LogP contribution in [0.5, 0.6) is 0 Å². The van der Waals surface area contributed by atoms with Gasteiger partial charge in [-0.05, 0) is 25.1 Å². The number of pyridine rings is 1. The third-order valence-electron chi connectivity index (χ3n) is 3.77. The second-order valence-corrected chi connectivity index (χ2v) is 5.56. The van der Waals surface area contributed by atoms with Gasteiger partial charge in [0.25, 0.3) is 0 Å². The van der Waals surface area contributed by atoms with Gasteiger partial charge in [-0.2, -0.15) is 0 Å². The van der Waals surface area contributed by atoms with Crippen molar-refractivity contribution in [1.82, 2.24) is 4.57 Å². The molecule has 0 aliphatic rings. The van der Waals surface area contributed by atoms with Crippen molar-refractivity contribution >= 4 is 10.9 Å². The molecule has 0 atom stereocenters. The standard InChI is InChI=1S/C19H24N2O5/c1-2-21-13-16(19(23)24)18(22)15-12-14(5-6-17(15)21)4-3-8-25-10-11-26-9-7-20/h5-6,12-13,19,23-24H,2,7-11,20H2,1H3. The van der Waals surface area contributed by atoms with Gasteiger partial charge in [-0.25, -0.2) is 0 Å². The Hall–Kier alpha value is -2.21. The molecule has 0 radical (unpaired) electrons. The van der Waals surface area contributed by atoms with Gasteiger partial charge < -0.3 is 30.0 Å². The summed E-state index contributed by atoms with van der Waals surface area (Å²) in [5, 5.41) is 19.2. The topological polar surface area (TPSA) is 107 Å². The Bertz CT molecular complexity index is 849. The summed E-state index contributed by atoms with van der Waals surface area (Å²) in [5.41, 5.74) is 6.23. The van der Waals surface area contributed by atoms with Crippen LogP contribution in [0.15, 0.2) is 29.2 Å². The van der Waals surface area contributed by atoms with E-state index in [9.17, 15) is 15.0 Å². The molecule has 1 heterocycles. The highest BCUT2D eigenvalue weighted by molar-refractivity contribution is 5.81. The van der Waals surface area contributed by atoms with E-state index in [0.29, 0.717) is 43.9 Å². The molecule has 0 bridgehead atoms. The number of hydrogen-bond acceptors (Lipinski definition) is 6. The molecule has 2 aromatic rings. The Morgan fingerprint density at radius 3 is 2.69 bits per heavy atom. The molecule has 0 aliphatic carbocycles. The number of hydrogen-bond donors (Lipinski definition) is 3. The fourth-order valence-electron chi connectivity index (χ4n) is 2.51. The molecule has 4 N–H and O–H groups in total. The summed E-state index contributed by atoms with van der Waals surface area (Å²) >= 11 is 0. The van der Waals surface area contributed by atoms with Crippen LogP contribution < -0.4 is 11.2 Å². The first-order valence-corrected chi connectivity index (χ1v) is 8.46.